The fourth-order valence-corrected chi connectivity index (χ4v) is 7.85. The first-order valence-corrected chi connectivity index (χ1v) is 19.9. The van der Waals surface area contributed by atoms with E-state index in [1.807, 2.05) is 0 Å². The quantitative estimate of drug-likeness (QED) is 0.0725. The van der Waals surface area contributed by atoms with E-state index in [2.05, 4.69) is 5.32 Å². The molecular formula is C35H59NO27. The van der Waals surface area contributed by atoms with Gasteiger partial charge in [0, 0.05) is 13.3 Å². The maximum Gasteiger partial charge on any atom is 0.364 e. The van der Waals surface area contributed by atoms with Gasteiger partial charge in [-0.3, -0.25) is 4.79 Å². The molecule has 5 aliphatic rings. The Morgan fingerprint density at radius 2 is 1.17 bits per heavy atom. The van der Waals surface area contributed by atoms with Crippen LogP contribution in [0.15, 0.2) is 0 Å². The van der Waals surface area contributed by atoms with Crippen LogP contribution < -0.4 is 5.32 Å². The van der Waals surface area contributed by atoms with Gasteiger partial charge in [-0.25, -0.2) is 4.79 Å². The molecule has 0 aromatic carbocycles. The van der Waals surface area contributed by atoms with E-state index in [0.717, 1.165) is 6.92 Å². The monoisotopic (exact) mass is 925 g/mol. The number of carboxylic acid groups (broad SMARTS) is 1. The van der Waals surface area contributed by atoms with Crippen molar-refractivity contribution in [2.24, 2.45) is 0 Å². The Morgan fingerprint density at radius 1 is 0.667 bits per heavy atom. The second-order valence-corrected chi connectivity index (χ2v) is 16.1. The first kappa shape index (κ1) is 52.0. The lowest BCUT2D eigenvalue weighted by atomic mass is 9.89. The molecule has 0 aliphatic carbocycles. The van der Waals surface area contributed by atoms with Crippen molar-refractivity contribution >= 4 is 11.9 Å². The van der Waals surface area contributed by atoms with Crippen LogP contribution in [0.5, 0.6) is 0 Å². The predicted octanol–water partition coefficient (Wildman–Crippen LogP) is -10.5. The van der Waals surface area contributed by atoms with E-state index >= 15 is 0 Å². The molecule has 1 amide bonds. The molecule has 17 N–H and O–H groups in total. The van der Waals surface area contributed by atoms with E-state index in [-0.39, 0.29) is 0 Å². The van der Waals surface area contributed by atoms with Crippen molar-refractivity contribution < 1.29 is 134 Å². The summed E-state index contributed by atoms with van der Waals surface area (Å²) in [7, 11) is 0. The minimum absolute atomic E-state index is 0.806. The molecule has 5 aliphatic heterocycles. The minimum atomic E-state index is -3.14. The van der Waals surface area contributed by atoms with Crippen molar-refractivity contribution in [2.75, 3.05) is 19.8 Å². The summed E-state index contributed by atoms with van der Waals surface area (Å²) in [5, 5.41) is 171. The van der Waals surface area contributed by atoms with E-state index in [1.54, 1.807) is 0 Å². The van der Waals surface area contributed by atoms with E-state index in [9.17, 15) is 91.3 Å². The van der Waals surface area contributed by atoms with Crippen LogP contribution in [0.25, 0.3) is 0 Å². The maximum atomic E-state index is 13.3. The normalized spacial score (nSPS) is 49.5. The van der Waals surface area contributed by atoms with Gasteiger partial charge in [-0.05, 0) is 13.8 Å². The van der Waals surface area contributed by atoms with Crippen LogP contribution in [0.4, 0.5) is 0 Å². The Balaban J connectivity index is 1.50. The SMILES string of the molecule is CC(=O)N[C@H]1C(O)O[C@H](CO[C@]2(C(=O)O)C[C@H](O[C@@H]3O[C@@H](C)[C@@H](O)[C@@H](O)[C@@H]3O)[C@@H](O[C@@H]3O[C@@H](C)[C@@H](O)[C@@H](O)[C@@H]3O)[C@H]([C@H](O)[C@H](O)CO)O2)[C@H](O)[C@@H]1O[C@H]1O[C@H](CO)[C@H](O)[C@H](O)[C@H]1O. The summed E-state index contributed by atoms with van der Waals surface area (Å²) < 4.78 is 51.0. The summed E-state index contributed by atoms with van der Waals surface area (Å²) in [6.07, 6.45) is -46.8. The van der Waals surface area contributed by atoms with Crippen LogP contribution in [-0.2, 0) is 52.2 Å². The average molecular weight is 926 g/mol. The van der Waals surface area contributed by atoms with Crippen LogP contribution in [0.1, 0.15) is 27.2 Å². The number of amides is 1. The number of carboxylic acids is 1. The number of aliphatic hydroxyl groups excluding tert-OH is 15. The molecule has 5 rings (SSSR count). The number of aliphatic hydroxyl groups is 15. The Hall–Kier alpha value is -2.02. The largest absolute Gasteiger partial charge is 0.477 e. The zero-order valence-electron chi connectivity index (χ0n) is 33.9. The summed E-state index contributed by atoms with van der Waals surface area (Å²) in [6, 6.07) is -1.69. The number of nitrogens with one attached hydrogen (secondary N) is 1. The molecule has 366 valence electrons. The van der Waals surface area contributed by atoms with Crippen molar-refractivity contribution in [3.8, 4) is 0 Å². The highest BCUT2D eigenvalue weighted by Crippen LogP contribution is 2.40. The Bertz CT molecular complexity index is 1500. The Kier molecular flexibility index (Phi) is 17.6. The fourth-order valence-electron chi connectivity index (χ4n) is 7.85. The molecule has 5 heterocycles. The number of ether oxygens (including phenoxy) is 9. The van der Waals surface area contributed by atoms with E-state index in [4.69, 9.17) is 42.6 Å². The predicted molar refractivity (Wildman–Crippen MR) is 192 cm³/mol. The molecule has 28 nitrogen and oxygen atoms in total. The molecule has 0 spiro atoms. The second-order valence-electron chi connectivity index (χ2n) is 16.1. The van der Waals surface area contributed by atoms with Gasteiger partial charge in [0.15, 0.2) is 25.2 Å². The molecule has 0 radical (unpaired) electrons. The molecule has 5 fully saturated rings. The molecular weight excluding hydrogens is 866 g/mol. The second kappa shape index (κ2) is 21.3. The molecule has 26 atom stereocenters. The van der Waals surface area contributed by atoms with Gasteiger partial charge in [-0.1, -0.05) is 0 Å². The van der Waals surface area contributed by atoms with Gasteiger partial charge in [-0.2, -0.15) is 0 Å². The first-order chi connectivity index (χ1) is 29.5. The first-order valence-electron chi connectivity index (χ1n) is 19.9. The number of hydrogen-bond acceptors (Lipinski definition) is 26. The minimum Gasteiger partial charge on any atom is -0.477 e. The van der Waals surface area contributed by atoms with Gasteiger partial charge in [-0.15, -0.1) is 0 Å². The molecule has 0 saturated carbocycles. The molecule has 0 aromatic rings. The van der Waals surface area contributed by atoms with Gasteiger partial charge in [0.1, 0.15) is 110 Å². The highest BCUT2D eigenvalue weighted by atomic mass is 16.8. The van der Waals surface area contributed by atoms with Crippen LogP contribution in [0.3, 0.4) is 0 Å². The number of rotatable bonds is 15. The topological polar surface area (TPSA) is 453 Å². The molecule has 63 heavy (non-hydrogen) atoms. The molecule has 0 aromatic heterocycles. The van der Waals surface area contributed by atoms with Crippen molar-refractivity contribution in [3.05, 3.63) is 0 Å². The summed E-state index contributed by atoms with van der Waals surface area (Å²) in [6.45, 7) is 0.355. The summed E-state index contributed by atoms with van der Waals surface area (Å²) >= 11 is 0. The smallest absolute Gasteiger partial charge is 0.364 e. The van der Waals surface area contributed by atoms with Gasteiger partial charge in [0.25, 0.3) is 5.79 Å². The Labute approximate surface area is 357 Å². The fraction of sp³-hybridized carbons (Fsp3) is 0.943. The number of carbonyl (C=O) groups is 2. The lowest BCUT2D eigenvalue weighted by Gasteiger charge is -2.51. The van der Waals surface area contributed by atoms with Gasteiger partial charge in [0.05, 0.1) is 38.1 Å². The summed E-state index contributed by atoms with van der Waals surface area (Å²) in [4.78, 5) is 25.5. The molecule has 5 saturated heterocycles. The molecule has 0 bridgehead atoms. The standard InChI is InChI=1S/C35H59NO27/c1-8-16(41)21(46)24(49)31(56-8)59-12-4-35(34(53)54,63-29(18(43)11(40)5-37)27(12)61-32-25(50)22(47)17(42)9(2)57-32)55-7-14-20(45)28(15(30(52)58-14)36-10(3)39)62-33-26(51)23(48)19(44)13(6-38)60-33/h8-9,11-33,37-38,40-52H,4-7H2,1-3H3,(H,36,39)(H,53,54)/t8-,9-,11+,12-,13+,14+,15+,16+,17+,18+,19-,20-,21+,22+,23-,24-,25-,26+,27+,28+,29-,30?,31-,32-,33+,35+/m0/s1. The summed E-state index contributed by atoms with van der Waals surface area (Å²) in [5.41, 5.74) is 0. The van der Waals surface area contributed by atoms with Crippen LogP contribution in [0, 0.1) is 0 Å². The number of carbonyl (C=O) groups excluding carboxylic acids is 1. The molecule has 1 unspecified atom stereocenters. The van der Waals surface area contributed by atoms with Crippen LogP contribution in [-0.4, -0.2) is 272 Å². The highest BCUT2D eigenvalue weighted by molar-refractivity contribution is 5.76. The summed E-state index contributed by atoms with van der Waals surface area (Å²) in [5.74, 6) is -5.98. The average Bonchev–Trinajstić information content (AvgIpc) is 3.24. The van der Waals surface area contributed by atoms with E-state index < -0.39 is 197 Å². The lowest BCUT2D eigenvalue weighted by molar-refractivity contribution is -0.391. The van der Waals surface area contributed by atoms with Gasteiger partial charge < -0.3 is 130 Å². The molecule has 28 heteroatoms. The van der Waals surface area contributed by atoms with Gasteiger partial charge in [0.2, 0.25) is 5.91 Å². The van der Waals surface area contributed by atoms with Gasteiger partial charge >= 0.3 is 5.97 Å². The van der Waals surface area contributed by atoms with Crippen molar-refractivity contribution in [2.45, 2.75) is 186 Å². The Morgan fingerprint density at radius 3 is 1.68 bits per heavy atom. The van der Waals surface area contributed by atoms with Crippen molar-refractivity contribution in [3.63, 3.8) is 0 Å². The van der Waals surface area contributed by atoms with Crippen molar-refractivity contribution in [1.82, 2.24) is 5.32 Å². The van der Waals surface area contributed by atoms with Crippen molar-refractivity contribution in [1.29, 1.82) is 0 Å². The van der Waals surface area contributed by atoms with E-state index in [1.165, 1.54) is 13.8 Å². The zero-order valence-corrected chi connectivity index (χ0v) is 33.9. The van der Waals surface area contributed by atoms with Crippen LogP contribution in [0.2, 0.25) is 0 Å². The zero-order chi connectivity index (χ0) is 47.0. The highest BCUT2D eigenvalue weighted by Gasteiger charge is 2.61. The van der Waals surface area contributed by atoms with Crippen LogP contribution >= 0.6 is 0 Å². The van der Waals surface area contributed by atoms with E-state index in [0.29, 0.717) is 0 Å². The number of hydrogen-bond donors (Lipinski definition) is 17. The maximum absolute atomic E-state index is 13.3. The third kappa shape index (κ3) is 10.9. The third-order valence-corrected chi connectivity index (χ3v) is 11.6. The lowest BCUT2D eigenvalue weighted by Crippen LogP contribution is -2.69. The third-order valence-electron chi connectivity index (χ3n) is 11.6. The number of aliphatic carboxylic acids is 1.